The minimum atomic E-state index is 0.275. The normalized spacial score (nSPS) is 10.7. The number of rotatable bonds is 5. The lowest BCUT2D eigenvalue weighted by Gasteiger charge is -2.14. The van der Waals surface area contributed by atoms with Gasteiger partial charge in [0.2, 0.25) is 0 Å². The van der Waals surface area contributed by atoms with Gasteiger partial charge >= 0.3 is 0 Å². The zero-order valence-corrected chi connectivity index (χ0v) is 14.4. The summed E-state index contributed by atoms with van der Waals surface area (Å²) in [6.07, 6.45) is 0. The van der Waals surface area contributed by atoms with Gasteiger partial charge in [0.05, 0.1) is 10.7 Å². The Balaban J connectivity index is 2.00. The molecule has 0 spiro atoms. The summed E-state index contributed by atoms with van der Waals surface area (Å²) in [7, 11) is 0. The topological polar surface area (TPSA) is 49.8 Å². The van der Waals surface area contributed by atoms with E-state index in [-0.39, 0.29) is 6.04 Å². The first-order valence-electron chi connectivity index (χ1n) is 7.84. The first-order chi connectivity index (χ1) is 11.6. The lowest BCUT2D eigenvalue weighted by molar-refractivity contribution is 0.887. The molecule has 3 rings (SSSR count). The van der Waals surface area contributed by atoms with Crippen molar-refractivity contribution in [3.05, 3.63) is 65.7 Å². The molecular weight excluding hydrogens is 320 g/mol. The van der Waals surface area contributed by atoms with E-state index in [9.17, 15) is 0 Å². The molecule has 122 valence electrons. The van der Waals surface area contributed by atoms with E-state index in [1.54, 1.807) is 0 Å². The molecule has 2 aromatic carbocycles. The van der Waals surface area contributed by atoms with Gasteiger partial charge in [-0.25, -0.2) is 9.97 Å². The lowest BCUT2D eigenvalue weighted by atomic mass is 10.2. The standard InChI is InChI=1S/C19H19ClN4/c1-13(2)21-17-12-18(22-16-11-7-6-10-15(16)20)24-19(23-17)14-8-4-3-5-9-14/h3-13H,1-2H3,(H2,21,22,23,24). The molecule has 0 radical (unpaired) electrons. The molecule has 0 aliphatic rings. The van der Waals surface area contributed by atoms with Crippen LogP contribution in [0.2, 0.25) is 5.02 Å². The molecule has 2 N–H and O–H groups in total. The van der Waals surface area contributed by atoms with Gasteiger partial charge in [-0.2, -0.15) is 0 Å². The highest BCUT2D eigenvalue weighted by Gasteiger charge is 2.09. The Morgan fingerprint density at radius 2 is 1.54 bits per heavy atom. The summed E-state index contributed by atoms with van der Waals surface area (Å²) in [5, 5.41) is 7.25. The first kappa shape index (κ1) is 16.3. The monoisotopic (exact) mass is 338 g/mol. The van der Waals surface area contributed by atoms with E-state index in [1.165, 1.54) is 0 Å². The van der Waals surface area contributed by atoms with Crippen molar-refractivity contribution in [2.75, 3.05) is 10.6 Å². The van der Waals surface area contributed by atoms with Gasteiger partial charge in [-0.1, -0.05) is 54.1 Å². The number of nitrogens with one attached hydrogen (secondary N) is 2. The fraction of sp³-hybridized carbons (Fsp3) is 0.158. The van der Waals surface area contributed by atoms with Crippen LogP contribution in [-0.4, -0.2) is 16.0 Å². The quantitative estimate of drug-likeness (QED) is 0.657. The van der Waals surface area contributed by atoms with Crippen LogP contribution in [0.3, 0.4) is 0 Å². The Morgan fingerprint density at radius 3 is 2.25 bits per heavy atom. The molecule has 0 atom stereocenters. The molecule has 0 bridgehead atoms. The van der Waals surface area contributed by atoms with Crippen LogP contribution in [0.15, 0.2) is 60.7 Å². The summed E-state index contributed by atoms with van der Waals surface area (Å²) >= 11 is 6.23. The Hall–Kier alpha value is -2.59. The summed E-state index contributed by atoms with van der Waals surface area (Å²) in [6.45, 7) is 4.15. The minimum Gasteiger partial charge on any atom is -0.368 e. The predicted molar refractivity (Wildman–Crippen MR) is 101 cm³/mol. The van der Waals surface area contributed by atoms with Crippen molar-refractivity contribution < 1.29 is 0 Å². The molecule has 0 saturated carbocycles. The summed E-state index contributed by atoms with van der Waals surface area (Å²) < 4.78 is 0. The molecule has 0 aliphatic carbocycles. The van der Waals surface area contributed by atoms with Crippen molar-refractivity contribution in [2.24, 2.45) is 0 Å². The van der Waals surface area contributed by atoms with Crippen LogP contribution in [0.5, 0.6) is 0 Å². The summed E-state index contributed by atoms with van der Waals surface area (Å²) in [5.74, 6) is 2.13. The van der Waals surface area contributed by atoms with Gasteiger partial charge in [0, 0.05) is 17.7 Å². The number of anilines is 3. The van der Waals surface area contributed by atoms with Crippen LogP contribution in [-0.2, 0) is 0 Å². The minimum absolute atomic E-state index is 0.275. The summed E-state index contributed by atoms with van der Waals surface area (Å²) in [6, 6.07) is 19.7. The van der Waals surface area contributed by atoms with E-state index in [1.807, 2.05) is 60.7 Å². The van der Waals surface area contributed by atoms with Gasteiger partial charge in [0.25, 0.3) is 0 Å². The van der Waals surface area contributed by atoms with Crippen molar-refractivity contribution in [1.82, 2.24) is 9.97 Å². The van der Waals surface area contributed by atoms with E-state index in [0.29, 0.717) is 16.7 Å². The number of para-hydroxylation sites is 1. The fourth-order valence-corrected chi connectivity index (χ4v) is 2.48. The predicted octanol–water partition coefficient (Wildman–Crippen LogP) is 5.36. The molecule has 0 aliphatic heterocycles. The number of benzene rings is 2. The largest absolute Gasteiger partial charge is 0.368 e. The zero-order chi connectivity index (χ0) is 16.9. The number of aromatic nitrogens is 2. The Kier molecular flexibility index (Phi) is 4.96. The average molecular weight is 339 g/mol. The Morgan fingerprint density at radius 1 is 0.875 bits per heavy atom. The third kappa shape index (κ3) is 4.03. The second-order valence-corrected chi connectivity index (χ2v) is 6.14. The van der Waals surface area contributed by atoms with Crippen molar-refractivity contribution in [1.29, 1.82) is 0 Å². The number of halogens is 1. The van der Waals surface area contributed by atoms with Crippen molar-refractivity contribution in [2.45, 2.75) is 19.9 Å². The van der Waals surface area contributed by atoms with Crippen LogP contribution in [0.4, 0.5) is 17.3 Å². The molecule has 5 heteroatoms. The first-order valence-corrected chi connectivity index (χ1v) is 8.22. The van der Waals surface area contributed by atoms with Gasteiger partial charge in [-0.15, -0.1) is 0 Å². The van der Waals surface area contributed by atoms with Gasteiger partial charge in [0.1, 0.15) is 11.6 Å². The highest BCUT2D eigenvalue weighted by Crippen LogP contribution is 2.27. The van der Waals surface area contributed by atoms with E-state index < -0.39 is 0 Å². The number of hydrogen-bond acceptors (Lipinski definition) is 4. The highest BCUT2D eigenvalue weighted by atomic mass is 35.5. The summed E-state index contributed by atoms with van der Waals surface area (Å²) in [5.41, 5.74) is 1.78. The molecule has 1 aromatic heterocycles. The molecule has 1 heterocycles. The molecule has 0 saturated heterocycles. The van der Waals surface area contributed by atoms with Crippen molar-refractivity contribution in [3.8, 4) is 11.4 Å². The van der Waals surface area contributed by atoms with E-state index in [2.05, 4.69) is 34.4 Å². The second kappa shape index (κ2) is 7.32. The van der Waals surface area contributed by atoms with Crippen molar-refractivity contribution >= 4 is 28.9 Å². The maximum absolute atomic E-state index is 6.23. The smallest absolute Gasteiger partial charge is 0.163 e. The molecule has 0 unspecified atom stereocenters. The average Bonchev–Trinajstić information content (AvgIpc) is 2.57. The van der Waals surface area contributed by atoms with E-state index >= 15 is 0 Å². The Labute approximate surface area is 146 Å². The Bertz CT molecular complexity index is 819. The van der Waals surface area contributed by atoms with Crippen LogP contribution >= 0.6 is 11.6 Å². The maximum Gasteiger partial charge on any atom is 0.163 e. The maximum atomic E-state index is 6.23. The third-order valence-electron chi connectivity index (χ3n) is 3.33. The van der Waals surface area contributed by atoms with Crippen LogP contribution in [0, 0.1) is 0 Å². The van der Waals surface area contributed by atoms with Crippen LogP contribution in [0.1, 0.15) is 13.8 Å². The van der Waals surface area contributed by atoms with E-state index in [4.69, 9.17) is 11.6 Å². The van der Waals surface area contributed by atoms with Gasteiger partial charge < -0.3 is 10.6 Å². The molecule has 4 nitrogen and oxygen atoms in total. The third-order valence-corrected chi connectivity index (χ3v) is 3.66. The number of hydrogen-bond donors (Lipinski definition) is 2. The second-order valence-electron chi connectivity index (χ2n) is 5.73. The van der Waals surface area contributed by atoms with Crippen LogP contribution in [0.25, 0.3) is 11.4 Å². The SMILES string of the molecule is CC(C)Nc1cc(Nc2ccccc2Cl)nc(-c2ccccc2)n1. The molecule has 0 fully saturated rings. The molecule has 0 amide bonds. The number of nitrogens with zero attached hydrogens (tertiary/aromatic N) is 2. The van der Waals surface area contributed by atoms with Gasteiger partial charge in [-0.3, -0.25) is 0 Å². The lowest BCUT2D eigenvalue weighted by Crippen LogP contribution is -2.12. The van der Waals surface area contributed by atoms with Gasteiger partial charge in [-0.05, 0) is 26.0 Å². The van der Waals surface area contributed by atoms with E-state index in [0.717, 1.165) is 17.1 Å². The molecule has 3 aromatic rings. The van der Waals surface area contributed by atoms with Gasteiger partial charge in [0.15, 0.2) is 5.82 Å². The zero-order valence-electron chi connectivity index (χ0n) is 13.6. The molecule has 24 heavy (non-hydrogen) atoms. The highest BCUT2D eigenvalue weighted by molar-refractivity contribution is 6.33. The van der Waals surface area contributed by atoms with Crippen LogP contribution < -0.4 is 10.6 Å². The molecular formula is C19H19ClN4. The summed E-state index contributed by atoms with van der Waals surface area (Å²) in [4.78, 5) is 9.24. The fourth-order valence-electron chi connectivity index (χ4n) is 2.30. The van der Waals surface area contributed by atoms with Crippen molar-refractivity contribution in [3.63, 3.8) is 0 Å².